The molecular weight excluding hydrogens is 376 g/mol. The van der Waals surface area contributed by atoms with Crippen LogP contribution in [-0.2, 0) is 4.79 Å². The molecule has 3 rings (SSSR count). The van der Waals surface area contributed by atoms with Crippen LogP contribution in [0, 0.1) is 11.8 Å². The van der Waals surface area contributed by atoms with Crippen molar-refractivity contribution >= 4 is 17.2 Å². The minimum Gasteiger partial charge on any atom is -0.457 e. The van der Waals surface area contributed by atoms with Gasteiger partial charge in [-0.3, -0.25) is 10.0 Å². The average molecular weight is 394 g/mol. The molecule has 142 valence electrons. The van der Waals surface area contributed by atoms with Crippen molar-refractivity contribution in [3.63, 3.8) is 0 Å². The van der Waals surface area contributed by atoms with Gasteiger partial charge in [0.05, 0.1) is 6.20 Å². The Kier molecular flexibility index (Phi) is 6.27. The van der Waals surface area contributed by atoms with Crippen LogP contribution in [0.25, 0.3) is 0 Å². The molecule has 1 unspecified atom stereocenters. The van der Waals surface area contributed by atoms with E-state index < -0.39 is 11.9 Å². The Balaban J connectivity index is 1.60. The first-order valence-electron chi connectivity index (χ1n) is 8.48. The molecule has 0 aliphatic rings. The summed E-state index contributed by atoms with van der Waals surface area (Å²) in [7, 11) is 0. The molecule has 1 atom stereocenters. The SMILES string of the molecule is CC(=O)N(O)C(C)C#Cc1cnc(Oc2ccc(Oc3ccccc3)cc2)s1. The van der Waals surface area contributed by atoms with Gasteiger partial charge >= 0.3 is 0 Å². The Morgan fingerprint density at radius 1 is 1.07 bits per heavy atom. The van der Waals surface area contributed by atoms with Crippen LogP contribution in [-0.4, -0.2) is 27.2 Å². The summed E-state index contributed by atoms with van der Waals surface area (Å²) in [6.07, 6.45) is 1.59. The molecule has 7 heteroatoms. The maximum Gasteiger partial charge on any atom is 0.279 e. The number of para-hydroxylation sites is 1. The molecule has 0 radical (unpaired) electrons. The minimum atomic E-state index is -0.610. The average Bonchev–Trinajstić information content (AvgIpc) is 3.15. The van der Waals surface area contributed by atoms with Crippen LogP contribution < -0.4 is 9.47 Å². The molecule has 0 spiro atoms. The van der Waals surface area contributed by atoms with E-state index in [1.807, 2.05) is 42.5 Å². The second-order valence-electron chi connectivity index (χ2n) is 5.79. The lowest BCUT2D eigenvalue weighted by Gasteiger charge is -2.15. The summed E-state index contributed by atoms with van der Waals surface area (Å²) < 4.78 is 11.5. The van der Waals surface area contributed by atoms with Crippen LogP contribution >= 0.6 is 11.3 Å². The second-order valence-corrected chi connectivity index (χ2v) is 6.78. The fourth-order valence-electron chi connectivity index (χ4n) is 2.17. The van der Waals surface area contributed by atoms with Crippen molar-refractivity contribution < 1.29 is 19.5 Å². The molecular formula is C21H18N2O4S. The number of benzene rings is 2. The summed E-state index contributed by atoms with van der Waals surface area (Å²) in [4.78, 5) is 15.9. The molecule has 0 fully saturated rings. The van der Waals surface area contributed by atoms with Gasteiger partial charge in [-0.1, -0.05) is 41.4 Å². The van der Waals surface area contributed by atoms with E-state index in [9.17, 15) is 10.0 Å². The standard InChI is InChI=1S/C21H18N2O4S/c1-15(23(25)16(2)24)8-13-20-14-22-21(28-20)27-19-11-9-18(10-12-19)26-17-6-4-3-5-7-17/h3-7,9-12,14-15,25H,1-2H3. The molecule has 6 nitrogen and oxygen atoms in total. The zero-order valence-electron chi connectivity index (χ0n) is 15.3. The van der Waals surface area contributed by atoms with Crippen molar-refractivity contribution in [3.05, 3.63) is 65.7 Å². The Hall–Kier alpha value is -3.34. The number of aromatic nitrogens is 1. The normalized spacial score (nSPS) is 11.1. The van der Waals surface area contributed by atoms with Crippen LogP contribution in [0.5, 0.6) is 22.4 Å². The van der Waals surface area contributed by atoms with Crippen molar-refractivity contribution in [2.45, 2.75) is 19.9 Å². The fourth-order valence-corrected chi connectivity index (χ4v) is 2.82. The molecule has 1 amide bonds. The Bertz CT molecular complexity index is 990. The van der Waals surface area contributed by atoms with E-state index in [-0.39, 0.29) is 0 Å². The molecule has 1 heterocycles. The van der Waals surface area contributed by atoms with E-state index in [4.69, 9.17) is 9.47 Å². The number of hydrogen-bond acceptors (Lipinski definition) is 6. The van der Waals surface area contributed by atoms with Gasteiger partial charge in [0.15, 0.2) is 0 Å². The van der Waals surface area contributed by atoms with E-state index in [2.05, 4.69) is 16.8 Å². The van der Waals surface area contributed by atoms with Crippen LogP contribution in [0.4, 0.5) is 0 Å². The molecule has 1 N–H and O–H groups in total. The predicted molar refractivity (Wildman–Crippen MR) is 106 cm³/mol. The molecule has 3 aromatic rings. The van der Waals surface area contributed by atoms with E-state index in [0.717, 1.165) is 5.75 Å². The van der Waals surface area contributed by atoms with Crippen molar-refractivity contribution in [3.8, 4) is 34.3 Å². The van der Waals surface area contributed by atoms with Gasteiger partial charge in [-0.05, 0) is 43.3 Å². The zero-order valence-corrected chi connectivity index (χ0v) is 16.1. The number of amides is 1. The largest absolute Gasteiger partial charge is 0.457 e. The lowest BCUT2D eigenvalue weighted by molar-refractivity contribution is -0.166. The van der Waals surface area contributed by atoms with E-state index in [1.54, 1.807) is 25.3 Å². The minimum absolute atomic E-state index is 0.445. The molecule has 2 aromatic carbocycles. The summed E-state index contributed by atoms with van der Waals surface area (Å²) in [5.41, 5.74) is 0. The van der Waals surface area contributed by atoms with Gasteiger partial charge in [0, 0.05) is 6.92 Å². The molecule has 0 aliphatic heterocycles. The third-order valence-electron chi connectivity index (χ3n) is 3.59. The van der Waals surface area contributed by atoms with Crippen LogP contribution in [0.1, 0.15) is 18.7 Å². The number of thiazole rings is 1. The lowest BCUT2D eigenvalue weighted by atomic mass is 10.3. The van der Waals surface area contributed by atoms with E-state index in [0.29, 0.717) is 26.6 Å². The summed E-state index contributed by atoms with van der Waals surface area (Å²) in [5.74, 6) is 7.30. The monoisotopic (exact) mass is 394 g/mol. The third-order valence-corrected chi connectivity index (χ3v) is 4.38. The van der Waals surface area contributed by atoms with Gasteiger partial charge in [0.25, 0.3) is 5.19 Å². The summed E-state index contributed by atoms with van der Waals surface area (Å²) in [6, 6.07) is 16.1. The van der Waals surface area contributed by atoms with Gasteiger partial charge in [0.1, 0.15) is 28.2 Å². The number of carbonyl (C=O) groups is 1. The van der Waals surface area contributed by atoms with E-state index in [1.165, 1.54) is 18.3 Å². The predicted octanol–water partition coefficient (Wildman–Crippen LogP) is 4.71. The number of nitrogens with zero attached hydrogens (tertiary/aromatic N) is 2. The summed E-state index contributed by atoms with van der Waals surface area (Å²) >= 11 is 1.27. The highest BCUT2D eigenvalue weighted by Gasteiger charge is 2.11. The Morgan fingerprint density at radius 2 is 1.68 bits per heavy atom. The number of rotatable bonds is 5. The number of hydrogen-bond donors (Lipinski definition) is 1. The van der Waals surface area contributed by atoms with Gasteiger partial charge in [-0.2, -0.15) is 0 Å². The molecule has 0 saturated carbocycles. The van der Waals surface area contributed by atoms with Gasteiger partial charge in [-0.15, -0.1) is 0 Å². The number of carbonyl (C=O) groups excluding carboxylic acids is 1. The van der Waals surface area contributed by atoms with E-state index >= 15 is 0 Å². The van der Waals surface area contributed by atoms with Crippen molar-refractivity contribution in [2.75, 3.05) is 0 Å². The molecule has 28 heavy (non-hydrogen) atoms. The molecule has 1 aromatic heterocycles. The highest BCUT2D eigenvalue weighted by molar-refractivity contribution is 7.13. The molecule has 0 saturated heterocycles. The first kappa shape index (κ1) is 19.4. The number of hydroxylamine groups is 2. The highest BCUT2D eigenvalue weighted by atomic mass is 32.1. The quantitative estimate of drug-likeness (QED) is 0.386. The zero-order chi connectivity index (χ0) is 19.9. The van der Waals surface area contributed by atoms with Gasteiger partial charge < -0.3 is 9.47 Å². The first-order valence-corrected chi connectivity index (χ1v) is 9.30. The van der Waals surface area contributed by atoms with Crippen molar-refractivity contribution in [2.24, 2.45) is 0 Å². The smallest absolute Gasteiger partial charge is 0.279 e. The van der Waals surface area contributed by atoms with Crippen molar-refractivity contribution in [1.29, 1.82) is 0 Å². The maximum absolute atomic E-state index is 11.1. The summed E-state index contributed by atoms with van der Waals surface area (Å²) in [5, 5.41) is 10.6. The highest BCUT2D eigenvalue weighted by Crippen LogP contribution is 2.29. The number of ether oxygens (including phenoxy) is 2. The van der Waals surface area contributed by atoms with Crippen molar-refractivity contribution in [1.82, 2.24) is 10.0 Å². The Labute approximate surface area is 166 Å². The molecule has 0 bridgehead atoms. The summed E-state index contributed by atoms with van der Waals surface area (Å²) in [6.45, 7) is 2.90. The first-order chi connectivity index (χ1) is 13.5. The van der Waals surface area contributed by atoms with Gasteiger partial charge in [0.2, 0.25) is 5.91 Å². The third kappa shape index (κ3) is 5.33. The van der Waals surface area contributed by atoms with Gasteiger partial charge in [-0.25, -0.2) is 10.0 Å². The fraction of sp³-hybridized carbons (Fsp3) is 0.143. The van der Waals surface area contributed by atoms with Crippen LogP contribution in [0.15, 0.2) is 60.8 Å². The maximum atomic E-state index is 11.1. The lowest BCUT2D eigenvalue weighted by Crippen LogP contribution is -2.32. The molecule has 0 aliphatic carbocycles. The second kappa shape index (κ2) is 9.04. The topological polar surface area (TPSA) is 71.9 Å². The van der Waals surface area contributed by atoms with Crippen LogP contribution in [0.2, 0.25) is 0 Å². The Morgan fingerprint density at radius 3 is 2.32 bits per heavy atom. The van der Waals surface area contributed by atoms with Crippen LogP contribution in [0.3, 0.4) is 0 Å².